The summed E-state index contributed by atoms with van der Waals surface area (Å²) in [4.78, 5) is 0. The second-order valence-corrected chi connectivity index (χ2v) is 3.80. The van der Waals surface area contributed by atoms with Gasteiger partial charge in [0.2, 0.25) is 0 Å². The highest BCUT2D eigenvalue weighted by molar-refractivity contribution is 5.27. The summed E-state index contributed by atoms with van der Waals surface area (Å²) < 4.78 is 0. The molecular formula is C12H20N2. The SMILES string of the molecule is CCc1cccc(C(CN)C(C)N)c1. The summed E-state index contributed by atoms with van der Waals surface area (Å²) in [5.41, 5.74) is 14.2. The Bertz CT molecular complexity index is 281. The lowest BCUT2D eigenvalue weighted by Gasteiger charge is -2.19. The molecule has 2 atom stereocenters. The van der Waals surface area contributed by atoms with Gasteiger partial charge in [0.15, 0.2) is 0 Å². The normalized spacial score (nSPS) is 15.1. The lowest BCUT2D eigenvalue weighted by atomic mass is 9.91. The Morgan fingerprint density at radius 1 is 1.36 bits per heavy atom. The van der Waals surface area contributed by atoms with Gasteiger partial charge in [0.1, 0.15) is 0 Å². The molecule has 0 saturated heterocycles. The van der Waals surface area contributed by atoms with Gasteiger partial charge in [-0.1, -0.05) is 31.2 Å². The second-order valence-electron chi connectivity index (χ2n) is 3.80. The van der Waals surface area contributed by atoms with Crippen molar-refractivity contribution >= 4 is 0 Å². The molecule has 0 spiro atoms. The molecule has 0 fully saturated rings. The molecule has 0 aliphatic rings. The molecule has 0 aromatic heterocycles. The molecule has 1 aromatic rings. The van der Waals surface area contributed by atoms with Gasteiger partial charge < -0.3 is 11.5 Å². The molecule has 2 heteroatoms. The van der Waals surface area contributed by atoms with Crippen LogP contribution in [0.4, 0.5) is 0 Å². The van der Waals surface area contributed by atoms with Crippen LogP contribution in [0.1, 0.15) is 30.9 Å². The maximum Gasteiger partial charge on any atom is 0.0110 e. The summed E-state index contributed by atoms with van der Waals surface area (Å²) in [6.45, 7) is 4.78. The lowest BCUT2D eigenvalue weighted by molar-refractivity contribution is 0.576. The molecule has 0 amide bonds. The fourth-order valence-electron chi connectivity index (χ4n) is 1.70. The fourth-order valence-corrected chi connectivity index (χ4v) is 1.70. The van der Waals surface area contributed by atoms with Crippen molar-refractivity contribution in [3.05, 3.63) is 35.4 Å². The Morgan fingerprint density at radius 2 is 2.07 bits per heavy atom. The van der Waals surface area contributed by atoms with Crippen molar-refractivity contribution in [2.45, 2.75) is 32.2 Å². The molecule has 0 radical (unpaired) electrons. The zero-order valence-corrected chi connectivity index (χ0v) is 9.03. The Kier molecular flexibility index (Phi) is 4.11. The summed E-state index contributed by atoms with van der Waals surface area (Å²) >= 11 is 0. The van der Waals surface area contributed by atoms with Gasteiger partial charge in [-0.05, 0) is 24.5 Å². The van der Waals surface area contributed by atoms with Gasteiger partial charge in [-0.15, -0.1) is 0 Å². The van der Waals surface area contributed by atoms with E-state index in [1.807, 2.05) is 6.92 Å². The van der Waals surface area contributed by atoms with Gasteiger partial charge in [0.25, 0.3) is 0 Å². The molecular weight excluding hydrogens is 172 g/mol. The van der Waals surface area contributed by atoms with Crippen LogP contribution in [0.2, 0.25) is 0 Å². The van der Waals surface area contributed by atoms with Crippen molar-refractivity contribution in [3.8, 4) is 0 Å². The first kappa shape index (κ1) is 11.2. The zero-order chi connectivity index (χ0) is 10.6. The van der Waals surface area contributed by atoms with E-state index in [-0.39, 0.29) is 12.0 Å². The molecule has 4 N–H and O–H groups in total. The number of aryl methyl sites for hydroxylation is 1. The zero-order valence-electron chi connectivity index (χ0n) is 9.03. The fraction of sp³-hybridized carbons (Fsp3) is 0.500. The molecule has 0 bridgehead atoms. The average Bonchev–Trinajstić information content (AvgIpc) is 2.19. The lowest BCUT2D eigenvalue weighted by Crippen LogP contribution is -2.30. The molecule has 0 heterocycles. The molecule has 2 unspecified atom stereocenters. The highest BCUT2D eigenvalue weighted by Gasteiger charge is 2.13. The molecule has 1 aromatic carbocycles. The van der Waals surface area contributed by atoms with Crippen LogP contribution < -0.4 is 11.5 Å². The first-order chi connectivity index (χ1) is 6.69. The van der Waals surface area contributed by atoms with E-state index in [4.69, 9.17) is 11.5 Å². The monoisotopic (exact) mass is 192 g/mol. The van der Waals surface area contributed by atoms with Crippen LogP contribution >= 0.6 is 0 Å². The third-order valence-electron chi connectivity index (χ3n) is 2.68. The van der Waals surface area contributed by atoms with Gasteiger partial charge >= 0.3 is 0 Å². The van der Waals surface area contributed by atoms with Crippen LogP contribution in [0.5, 0.6) is 0 Å². The Labute approximate surface area is 86.3 Å². The standard InChI is InChI=1S/C12H20N2/c1-3-10-5-4-6-11(7-10)12(8-13)9(2)14/h4-7,9,12H,3,8,13-14H2,1-2H3. The molecule has 1 rings (SSSR count). The quantitative estimate of drug-likeness (QED) is 0.762. The van der Waals surface area contributed by atoms with Crippen molar-refractivity contribution in [3.63, 3.8) is 0 Å². The number of hydrogen-bond donors (Lipinski definition) is 2. The van der Waals surface area contributed by atoms with Crippen LogP contribution in [-0.4, -0.2) is 12.6 Å². The van der Waals surface area contributed by atoms with Gasteiger partial charge in [0.05, 0.1) is 0 Å². The molecule has 0 saturated carbocycles. The predicted molar refractivity (Wildman–Crippen MR) is 61.3 cm³/mol. The number of benzene rings is 1. The predicted octanol–water partition coefficient (Wildman–Crippen LogP) is 1.64. The largest absolute Gasteiger partial charge is 0.330 e. The molecule has 14 heavy (non-hydrogen) atoms. The van der Waals surface area contributed by atoms with Crippen molar-refractivity contribution < 1.29 is 0 Å². The molecule has 0 aliphatic carbocycles. The third-order valence-corrected chi connectivity index (χ3v) is 2.68. The van der Waals surface area contributed by atoms with Crippen molar-refractivity contribution in [2.75, 3.05) is 6.54 Å². The van der Waals surface area contributed by atoms with E-state index in [1.54, 1.807) is 0 Å². The number of hydrogen-bond acceptors (Lipinski definition) is 2. The van der Waals surface area contributed by atoms with E-state index < -0.39 is 0 Å². The van der Waals surface area contributed by atoms with Gasteiger partial charge in [-0.2, -0.15) is 0 Å². The molecule has 0 aliphatic heterocycles. The first-order valence-corrected chi connectivity index (χ1v) is 5.23. The van der Waals surface area contributed by atoms with Crippen molar-refractivity contribution in [1.82, 2.24) is 0 Å². The van der Waals surface area contributed by atoms with Crippen LogP contribution in [0.25, 0.3) is 0 Å². The van der Waals surface area contributed by atoms with Crippen LogP contribution in [-0.2, 0) is 6.42 Å². The number of nitrogens with two attached hydrogens (primary N) is 2. The Hall–Kier alpha value is -0.860. The summed E-state index contributed by atoms with van der Waals surface area (Å²) in [5, 5.41) is 0. The van der Waals surface area contributed by atoms with Crippen LogP contribution in [0.3, 0.4) is 0 Å². The summed E-state index contributed by atoms with van der Waals surface area (Å²) in [7, 11) is 0. The average molecular weight is 192 g/mol. The molecule has 2 nitrogen and oxygen atoms in total. The minimum absolute atomic E-state index is 0.118. The smallest absolute Gasteiger partial charge is 0.0110 e. The van der Waals surface area contributed by atoms with Crippen LogP contribution in [0, 0.1) is 0 Å². The Morgan fingerprint density at radius 3 is 2.57 bits per heavy atom. The van der Waals surface area contributed by atoms with Crippen molar-refractivity contribution in [1.29, 1.82) is 0 Å². The van der Waals surface area contributed by atoms with Gasteiger partial charge in [-0.25, -0.2) is 0 Å². The second kappa shape index (κ2) is 5.13. The van der Waals surface area contributed by atoms with Crippen molar-refractivity contribution in [2.24, 2.45) is 11.5 Å². The minimum Gasteiger partial charge on any atom is -0.330 e. The third kappa shape index (κ3) is 2.56. The summed E-state index contributed by atoms with van der Waals surface area (Å²) in [6.07, 6.45) is 1.06. The molecule has 78 valence electrons. The van der Waals surface area contributed by atoms with Gasteiger partial charge in [-0.3, -0.25) is 0 Å². The summed E-state index contributed by atoms with van der Waals surface area (Å²) in [5.74, 6) is 0.279. The maximum absolute atomic E-state index is 5.89. The van der Waals surface area contributed by atoms with E-state index in [1.165, 1.54) is 11.1 Å². The highest BCUT2D eigenvalue weighted by atomic mass is 14.7. The number of rotatable bonds is 4. The van der Waals surface area contributed by atoms with E-state index in [2.05, 4.69) is 31.2 Å². The topological polar surface area (TPSA) is 52.0 Å². The van der Waals surface area contributed by atoms with E-state index in [0.717, 1.165) is 6.42 Å². The summed E-state index contributed by atoms with van der Waals surface area (Å²) in [6, 6.07) is 8.66. The maximum atomic E-state index is 5.89. The van der Waals surface area contributed by atoms with E-state index in [9.17, 15) is 0 Å². The van der Waals surface area contributed by atoms with E-state index in [0.29, 0.717) is 6.54 Å². The Balaban J connectivity index is 2.92. The highest BCUT2D eigenvalue weighted by Crippen LogP contribution is 2.18. The first-order valence-electron chi connectivity index (χ1n) is 5.23. The van der Waals surface area contributed by atoms with E-state index >= 15 is 0 Å². The minimum atomic E-state index is 0.118. The van der Waals surface area contributed by atoms with Gasteiger partial charge in [0, 0.05) is 18.5 Å². The van der Waals surface area contributed by atoms with Crippen LogP contribution in [0.15, 0.2) is 24.3 Å².